The van der Waals surface area contributed by atoms with Crippen LogP contribution < -0.4 is 5.32 Å². The summed E-state index contributed by atoms with van der Waals surface area (Å²) in [5.41, 5.74) is 0. The van der Waals surface area contributed by atoms with E-state index in [1.54, 1.807) is 0 Å². The lowest BCUT2D eigenvalue weighted by Crippen LogP contribution is -2.46. The molecule has 0 bridgehead atoms. The fourth-order valence-corrected chi connectivity index (χ4v) is 5.06. The second kappa shape index (κ2) is 10.3. The van der Waals surface area contributed by atoms with Crippen molar-refractivity contribution in [3.63, 3.8) is 0 Å². The van der Waals surface area contributed by atoms with Gasteiger partial charge in [0, 0.05) is 31.1 Å². The van der Waals surface area contributed by atoms with Gasteiger partial charge < -0.3 is 10.2 Å². The van der Waals surface area contributed by atoms with E-state index >= 15 is 0 Å². The summed E-state index contributed by atoms with van der Waals surface area (Å²) >= 11 is 1.85. The van der Waals surface area contributed by atoms with Crippen molar-refractivity contribution < 1.29 is 4.79 Å². The van der Waals surface area contributed by atoms with Crippen LogP contribution in [-0.4, -0.2) is 48.6 Å². The molecular weight excluding hydrogens is 342 g/mol. The first-order valence-electron chi connectivity index (χ1n) is 10.5. The van der Waals surface area contributed by atoms with Gasteiger partial charge in [0.05, 0.1) is 0 Å². The summed E-state index contributed by atoms with van der Waals surface area (Å²) in [5.74, 6) is 0.629. The Morgan fingerprint density at radius 2 is 1.85 bits per heavy atom. The number of amides is 2. The summed E-state index contributed by atoms with van der Waals surface area (Å²) in [5, 5.41) is 5.37. The van der Waals surface area contributed by atoms with Gasteiger partial charge in [-0.15, -0.1) is 11.3 Å². The zero-order valence-electron chi connectivity index (χ0n) is 16.3. The highest BCUT2D eigenvalue weighted by atomic mass is 32.1. The van der Waals surface area contributed by atoms with Crippen LogP contribution in [0.4, 0.5) is 4.79 Å². The molecule has 0 unspecified atom stereocenters. The molecule has 26 heavy (non-hydrogen) atoms. The smallest absolute Gasteiger partial charge is 0.317 e. The van der Waals surface area contributed by atoms with Crippen molar-refractivity contribution in [3.8, 4) is 0 Å². The van der Waals surface area contributed by atoms with E-state index in [2.05, 4.69) is 27.7 Å². The van der Waals surface area contributed by atoms with Crippen LogP contribution in [0.5, 0.6) is 0 Å². The van der Waals surface area contributed by atoms with Crippen LogP contribution in [0.3, 0.4) is 0 Å². The largest absolute Gasteiger partial charge is 0.338 e. The summed E-state index contributed by atoms with van der Waals surface area (Å²) < 4.78 is 0. The third-order valence-corrected chi connectivity index (χ3v) is 7.01. The summed E-state index contributed by atoms with van der Waals surface area (Å²) in [6.45, 7) is 4.22. The molecule has 0 radical (unpaired) electrons. The predicted molar refractivity (Wildman–Crippen MR) is 110 cm³/mol. The van der Waals surface area contributed by atoms with Gasteiger partial charge in [-0.25, -0.2) is 4.79 Å². The van der Waals surface area contributed by atoms with E-state index < -0.39 is 0 Å². The average molecular weight is 378 g/mol. The molecule has 0 aromatic carbocycles. The predicted octanol–water partition coefficient (Wildman–Crippen LogP) is 4.71. The van der Waals surface area contributed by atoms with Gasteiger partial charge in [0.15, 0.2) is 0 Å². The topological polar surface area (TPSA) is 35.6 Å². The lowest BCUT2D eigenvalue weighted by molar-refractivity contribution is 0.162. The van der Waals surface area contributed by atoms with Crippen LogP contribution in [0.25, 0.3) is 0 Å². The molecular formula is C21H35N3OS. The van der Waals surface area contributed by atoms with Crippen molar-refractivity contribution >= 4 is 17.4 Å². The summed E-state index contributed by atoms with van der Waals surface area (Å²) in [7, 11) is 1.99. The fourth-order valence-electron chi connectivity index (χ4n) is 4.32. The van der Waals surface area contributed by atoms with Gasteiger partial charge in [0.1, 0.15) is 0 Å². The molecule has 2 amide bonds. The number of hydrogen-bond donors (Lipinski definition) is 1. The van der Waals surface area contributed by atoms with E-state index in [0.717, 1.165) is 26.2 Å². The Hall–Kier alpha value is -1.07. The molecule has 5 heteroatoms. The van der Waals surface area contributed by atoms with Crippen molar-refractivity contribution in [1.29, 1.82) is 0 Å². The molecule has 1 saturated heterocycles. The van der Waals surface area contributed by atoms with Gasteiger partial charge in [-0.1, -0.05) is 38.2 Å². The van der Waals surface area contributed by atoms with Gasteiger partial charge in [0.2, 0.25) is 0 Å². The monoisotopic (exact) mass is 377 g/mol. The highest BCUT2D eigenvalue weighted by molar-refractivity contribution is 7.09. The van der Waals surface area contributed by atoms with Crippen molar-refractivity contribution in [3.05, 3.63) is 22.4 Å². The van der Waals surface area contributed by atoms with E-state index in [4.69, 9.17) is 0 Å². The minimum Gasteiger partial charge on any atom is -0.338 e. The van der Waals surface area contributed by atoms with E-state index in [-0.39, 0.29) is 6.03 Å². The molecule has 2 aliphatic rings. The molecule has 2 heterocycles. The number of thiophene rings is 1. The van der Waals surface area contributed by atoms with Gasteiger partial charge >= 0.3 is 6.03 Å². The maximum absolute atomic E-state index is 12.6. The third kappa shape index (κ3) is 5.98. The van der Waals surface area contributed by atoms with Gasteiger partial charge in [-0.2, -0.15) is 0 Å². The molecule has 1 aromatic rings. The molecule has 0 atom stereocenters. The Morgan fingerprint density at radius 1 is 1.15 bits per heavy atom. The van der Waals surface area contributed by atoms with E-state index in [0.29, 0.717) is 12.0 Å². The van der Waals surface area contributed by atoms with Crippen molar-refractivity contribution in [1.82, 2.24) is 15.1 Å². The van der Waals surface area contributed by atoms with Gasteiger partial charge in [-0.3, -0.25) is 4.90 Å². The highest BCUT2D eigenvalue weighted by Crippen LogP contribution is 2.22. The number of nitrogens with one attached hydrogen (secondary N) is 1. The van der Waals surface area contributed by atoms with Crippen LogP contribution in [0.15, 0.2) is 17.5 Å². The first-order valence-corrected chi connectivity index (χ1v) is 11.4. The molecule has 4 nitrogen and oxygen atoms in total. The SMILES string of the molecule is CN(C(=O)NCC1CCN(Cc2cccs2)CC1)C1CCCCCCC1. The highest BCUT2D eigenvalue weighted by Gasteiger charge is 2.23. The standard InChI is InChI=1S/C21H35N3OS/c1-23(19-8-5-3-2-4-6-9-19)21(25)22-16-18-11-13-24(14-12-18)17-20-10-7-15-26-20/h7,10,15,18-19H,2-6,8-9,11-14,16-17H2,1H3,(H,22,25). The normalized spacial score (nSPS) is 21.1. The molecule has 1 N–H and O–H groups in total. The second-order valence-corrected chi connectivity index (χ2v) is 9.13. The maximum atomic E-state index is 12.6. The van der Waals surface area contributed by atoms with Crippen molar-refractivity contribution in [2.24, 2.45) is 5.92 Å². The Labute approximate surface area is 162 Å². The van der Waals surface area contributed by atoms with Gasteiger partial charge in [-0.05, 0) is 56.1 Å². The van der Waals surface area contributed by atoms with E-state index in [9.17, 15) is 4.79 Å². The molecule has 1 aliphatic carbocycles. The van der Waals surface area contributed by atoms with E-state index in [1.165, 1.54) is 62.7 Å². The number of hydrogen-bond acceptors (Lipinski definition) is 3. The maximum Gasteiger partial charge on any atom is 0.317 e. The minimum absolute atomic E-state index is 0.136. The Morgan fingerprint density at radius 3 is 2.50 bits per heavy atom. The van der Waals surface area contributed by atoms with Crippen LogP contribution >= 0.6 is 11.3 Å². The van der Waals surface area contributed by atoms with Crippen LogP contribution in [0.2, 0.25) is 0 Å². The van der Waals surface area contributed by atoms with Crippen LogP contribution in [0, 0.1) is 5.92 Å². The first kappa shape index (κ1) is 19.7. The minimum atomic E-state index is 0.136. The molecule has 1 aromatic heterocycles. The van der Waals surface area contributed by atoms with Crippen molar-refractivity contribution in [2.45, 2.75) is 70.4 Å². The molecule has 1 aliphatic heterocycles. The molecule has 146 valence electrons. The molecule has 2 fully saturated rings. The number of piperidine rings is 1. The quantitative estimate of drug-likeness (QED) is 0.806. The summed E-state index contributed by atoms with van der Waals surface area (Å²) in [6.07, 6.45) is 11.3. The number of carbonyl (C=O) groups is 1. The Bertz CT molecular complexity index is 517. The van der Waals surface area contributed by atoms with Crippen LogP contribution in [-0.2, 0) is 6.54 Å². The lowest BCUT2D eigenvalue weighted by Gasteiger charge is -2.33. The van der Waals surface area contributed by atoms with Crippen LogP contribution in [0.1, 0.15) is 62.7 Å². The lowest BCUT2D eigenvalue weighted by atomic mass is 9.96. The van der Waals surface area contributed by atoms with Crippen molar-refractivity contribution in [2.75, 3.05) is 26.7 Å². The number of urea groups is 1. The third-order valence-electron chi connectivity index (χ3n) is 6.15. The summed E-state index contributed by atoms with van der Waals surface area (Å²) in [4.78, 5) is 18.6. The number of likely N-dealkylation sites (tertiary alicyclic amines) is 1. The van der Waals surface area contributed by atoms with Gasteiger partial charge in [0.25, 0.3) is 0 Å². The average Bonchev–Trinajstić information content (AvgIpc) is 3.13. The second-order valence-electron chi connectivity index (χ2n) is 8.09. The summed E-state index contributed by atoms with van der Waals surface area (Å²) in [6, 6.07) is 4.93. The first-order chi connectivity index (χ1) is 12.7. The zero-order chi connectivity index (χ0) is 18.2. The zero-order valence-corrected chi connectivity index (χ0v) is 17.1. The van der Waals surface area contributed by atoms with E-state index in [1.807, 2.05) is 23.3 Å². The fraction of sp³-hybridized carbons (Fsp3) is 0.762. The molecule has 1 saturated carbocycles. The molecule has 0 spiro atoms. The number of carbonyl (C=O) groups excluding carboxylic acids is 1. The molecule has 3 rings (SSSR count). The Kier molecular flexibility index (Phi) is 7.81. The number of rotatable bonds is 5. The Balaban J connectivity index is 1.35. The number of nitrogens with zero attached hydrogens (tertiary/aromatic N) is 2.